The molecule has 70 valence electrons. The van der Waals surface area contributed by atoms with Crippen LogP contribution < -0.4 is 0 Å². The van der Waals surface area contributed by atoms with Gasteiger partial charge in [-0.2, -0.15) is 0 Å². The number of aliphatic imine (C=N–C) groups is 1. The Kier molecular flexibility index (Phi) is 2.62. The summed E-state index contributed by atoms with van der Waals surface area (Å²) in [5, 5.41) is 0. The lowest BCUT2D eigenvalue weighted by atomic mass is 9.78. The second-order valence-corrected chi connectivity index (χ2v) is 4.05. The monoisotopic (exact) mass is 175 g/mol. The summed E-state index contributed by atoms with van der Waals surface area (Å²) in [4.78, 5) is 4.26. The van der Waals surface area contributed by atoms with Crippen molar-refractivity contribution in [2.45, 2.75) is 32.6 Å². The molecule has 0 aromatic heterocycles. The normalized spacial score (nSPS) is 33.2. The predicted molar refractivity (Wildman–Crippen MR) is 56.8 cm³/mol. The molecule has 2 unspecified atom stereocenters. The van der Waals surface area contributed by atoms with Crippen molar-refractivity contribution in [3.63, 3.8) is 0 Å². The van der Waals surface area contributed by atoms with Crippen molar-refractivity contribution in [3.05, 3.63) is 23.9 Å². The average molecular weight is 175 g/mol. The summed E-state index contributed by atoms with van der Waals surface area (Å²) in [7, 11) is 0. The van der Waals surface area contributed by atoms with Crippen LogP contribution >= 0.6 is 0 Å². The number of allylic oxidation sites excluding steroid dienone is 3. The highest BCUT2D eigenvalue weighted by molar-refractivity contribution is 5.60. The third kappa shape index (κ3) is 1.90. The molecular formula is C12H17N. The van der Waals surface area contributed by atoms with Crippen LogP contribution in [0.4, 0.5) is 0 Å². The number of hydrogen-bond donors (Lipinski definition) is 0. The van der Waals surface area contributed by atoms with E-state index >= 15 is 0 Å². The highest BCUT2D eigenvalue weighted by atomic mass is 14.7. The first-order chi connectivity index (χ1) is 6.38. The zero-order valence-corrected chi connectivity index (χ0v) is 8.24. The molecule has 0 aromatic rings. The molecule has 1 heteroatoms. The molecule has 0 saturated heterocycles. The summed E-state index contributed by atoms with van der Waals surface area (Å²) in [6.07, 6.45) is 13.7. The number of hydrogen-bond acceptors (Lipinski definition) is 1. The Morgan fingerprint density at radius 1 is 1.38 bits per heavy atom. The second-order valence-electron chi connectivity index (χ2n) is 4.05. The van der Waals surface area contributed by atoms with E-state index in [0.717, 1.165) is 12.3 Å². The highest BCUT2D eigenvalue weighted by Gasteiger charge is 2.21. The molecule has 2 atom stereocenters. The van der Waals surface area contributed by atoms with Crippen molar-refractivity contribution >= 4 is 6.21 Å². The fourth-order valence-electron chi connectivity index (χ4n) is 2.31. The Morgan fingerprint density at radius 2 is 2.31 bits per heavy atom. The highest BCUT2D eigenvalue weighted by Crippen LogP contribution is 2.33. The molecule has 1 aliphatic carbocycles. The molecule has 0 radical (unpaired) electrons. The Balaban J connectivity index is 2.11. The van der Waals surface area contributed by atoms with Gasteiger partial charge in [-0.3, -0.25) is 4.99 Å². The van der Waals surface area contributed by atoms with E-state index in [2.05, 4.69) is 30.3 Å². The van der Waals surface area contributed by atoms with Crippen molar-refractivity contribution in [2.24, 2.45) is 16.8 Å². The van der Waals surface area contributed by atoms with Crippen molar-refractivity contribution in [1.82, 2.24) is 0 Å². The van der Waals surface area contributed by atoms with Gasteiger partial charge in [-0.05, 0) is 43.1 Å². The van der Waals surface area contributed by atoms with E-state index in [0.29, 0.717) is 5.92 Å². The number of nitrogens with zero attached hydrogens (tertiary/aromatic N) is 1. The summed E-state index contributed by atoms with van der Waals surface area (Å²) >= 11 is 0. The fraction of sp³-hybridized carbons (Fsp3) is 0.583. The van der Waals surface area contributed by atoms with E-state index in [1.165, 1.54) is 19.3 Å². The third-order valence-corrected chi connectivity index (χ3v) is 3.10. The van der Waals surface area contributed by atoms with Gasteiger partial charge in [0.1, 0.15) is 0 Å². The molecule has 0 spiro atoms. The lowest BCUT2D eigenvalue weighted by Crippen LogP contribution is -2.16. The second kappa shape index (κ2) is 3.91. The van der Waals surface area contributed by atoms with Gasteiger partial charge in [0.05, 0.1) is 0 Å². The van der Waals surface area contributed by atoms with Gasteiger partial charge < -0.3 is 0 Å². The van der Waals surface area contributed by atoms with Crippen LogP contribution in [0.5, 0.6) is 0 Å². The molecule has 2 rings (SSSR count). The minimum atomic E-state index is 0.716. The Bertz CT molecular complexity index is 260. The molecule has 1 aliphatic heterocycles. The van der Waals surface area contributed by atoms with Gasteiger partial charge in [0, 0.05) is 12.4 Å². The Morgan fingerprint density at radius 3 is 3.00 bits per heavy atom. The molecule has 0 N–H and O–H groups in total. The maximum absolute atomic E-state index is 4.26. The largest absolute Gasteiger partial charge is 0.269 e. The minimum absolute atomic E-state index is 0.716. The number of rotatable bonds is 1. The lowest BCUT2D eigenvalue weighted by Gasteiger charge is -2.27. The Labute approximate surface area is 80.3 Å². The van der Waals surface area contributed by atoms with Gasteiger partial charge in [0.2, 0.25) is 0 Å². The van der Waals surface area contributed by atoms with E-state index in [1.807, 2.05) is 6.21 Å². The molecule has 1 nitrogen and oxygen atoms in total. The van der Waals surface area contributed by atoms with Gasteiger partial charge in [-0.15, -0.1) is 0 Å². The molecule has 0 fully saturated rings. The molecule has 0 aromatic carbocycles. The third-order valence-electron chi connectivity index (χ3n) is 3.10. The summed E-state index contributed by atoms with van der Waals surface area (Å²) < 4.78 is 0. The predicted octanol–water partition coefficient (Wildman–Crippen LogP) is 3.34. The van der Waals surface area contributed by atoms with Crippen LogP contribution in [0.3, 0.4) is 0 Å². The van der Waals surface area contributed by atoms with E-state index < -0.39 is 0 Å². The van der Waals surface area contributed by atoms with Crippen molar-refractivity contribution in [3.8, 4) is 0 Å². The molecule has 0 saturated carbocycles. The standard InChI is InChI=1S/C12H17N/c1-10-5-2-3-7-12(10)11-6-4-8-13-9-11/h2,5,8-10,12H,3-4,6-7H2,1H3. The first-order valence-corrected chi connectivity index (χ1v) is 5.25. The van der Waals surface area contributed by atoms with Gasteiger partial charge >= 0.3 is 0 Å². The molecule has 0 bridgehead atoms. The van der Waals surface area contributed by atoms with Gasteiger partial charge in [0.15, 0.2) is 0 Å². The SMILES string of the molecule is CC1C=CCCC1C1=CN=CCC1. The van der Waals surface area contributed by atoms with Crippen molar-refractivity contribution in [2.75, 3.05) is 0 Å². The van der Waals surface area contributed by atoms with Crippen LogP contribution in [-0.2, 0) is 0 Å². The lowest BCUT2D eigenvalue weighted by molar-refractivity contribution is 0.424. The molecule has 2 aliphatic rings. The smallest absolute Gasteiger partial charge is 0.0259 e. The van der Waals surface area contributed by atoms with Crippen LogP contribution in [-0.4, -0.2) is 6.21 Å². The minimum Gasteiger partial charge on any atom is -0.269 e. The topological polar surface area (TPSA) is 12.4 Å². The Hall–Kier alpha value is -0.850. The molecule has 0 amide bonds. The summed E-state index contributed by atoms with van der Waals surface area (Å²) in [5.74, 6) is 1.48. The first kappa shape index (κ1) is 8.74. The quantitative estimate of drug-likeness (QED) is 0.542. The molecular weight excluding hydrogens is 158 g/mol. The van der Waals surface area contributed by atoms with E-state index in [-0.39, 0.29) is 0 Å². The average Bonchev–Trinajstić information content (AvgIpc) is 2.20. The summed E-state index contributed by atoms with van der Waals surface area (Å²) in [6, 6.07) is 0. The van der Waals surface area contributed by atoms with Crippen LogP contribution in [0.25, 0.3) is 0 Å². The summed E-state index contributed by atoms with van der Waals surface area (Å²) in [5.41, 5.74) is 1.57. The van der Waals surface area contributed by atoms with Gasteiger partial charge in [-0.1, -0.05) is 19.1 Å². The molecule has 1 heterocycles. The maximum Gasteiger partial charge on any atom is 0.0259 e. The molecule has 13 heavy (non-hydrogen) atoms. The van der Waals surface area contributed by atoms with E-state index in [9.17, 15) is 0 Å². The van der Waals surface area contributed by atoms with E-state index in [1.54, 1.807) is 5.57 Å². The van der Waals surface area contributed by atoms with Crippen LogP contribution in [0, 0.1) is 11.8 Å². The fourth-order valence-corrected chi connectivity index (χ4v) is 2.31. The zero-order valence-electron chi connectivity index (χ0n) is 8.24. The van der Waals surface area contributed by atoms with Gasteiger partial charge in [0.25, 0.3) is 0 Å². The van der Waals surface area contributed by atoms with Crippen molar-refractivity contribution < 1.29 is 0 Å². The zero-order chi connectivity index (χ0) is 9.10. The van der Waals surface area contributed by atoms with Crippen molar-refractivity contribution in [1.29, 1.82) is 0 Å². The van der Waals surface area contributed by atoms with Gasteiger partial charge in [-0.25, -0.2) is 0 Å². The van der Waals surface area contributed by atoms with Crippen LogP contribution in [0.1, 0.15) is 32.6 Å². The van der Waals surface area contributed by atoms with Crippen LogP contribution in [0.2, 0.25) is 0 Å². The first-order valence-electron chi connectivity index (χ1n) is 5.25. The maximum atomic E-state index is 4.26. The van der Waals surface area contributed by atoms with E-state index in [4.69, 9.17) is 0 Å². The summed E-state index contributed by atoms with van der Waals surface area (Å²) in [6.45, 7) is 2.32. The van der Waals surface area contributed by atoms with Crippen LogP contribution in [0.15, 0.2) is 28.9 Å².